The van der Waals surface area contributed by atoms with E-state index in [9.17, 15) is 17.6 Å². The van der Waals surface area contributed by atoms with Gasteiger partial charge >= 0.3 is 5.97 Å². The molecular weight excluding hydrogens is 299 g/mol. The Labute approximate surface area is 111 Å². The average Bonchev–Trinajstić information content (AvgIpc) is 2.73. The van der Waals surface area contributed by atoms with Crippen LogP contribution in [0.5, 0.6) is 0 Å². The maximum absolute atomic E-state index is 13.1. The van der Waals surface area contributed by atoms with Gasteiger partial charge in [-0.1, -0.05) is 6.07 Å². The summed E-state index contributed by atoms with van der Waals surface area (Å²) in [6.07, 6.45) is 0.836. The molecule has 0 saturated heterocycles. The third-order valence-corrected chi connectivity index (χ3v) is 3.53. The first kappa shape index (κ1) is 13.5. The molecule has 1 N–H and O–H groups in total. The summed E-state index contributed by atoms with van der Waals surface area (Å²) in [6, 6.07) is 4.86. The largest absolute Gasteiger partial charge is 0.478 e. The first-order valence-electron chi connectivity index (χ1n) is 4.82. The summed E-state index contributed by atoms with van der Waals surface area (Å²) < 4.78 is 36.8. The molecule has 0 spiro atoms. The minimum absolute atomic E-state index is 0.0479. The van der Waals surface area contributed by atoms with Crippen LogP contribution in [-0.4, -0.2) is 29.3 Å². The summed E-state index contributed by atoms with van der Waals surface area (Å²) >= 11 is 0. The maximum atomic E-state index is 13.1. The topological polar surface area (TPSA) is 89.3 Å². The molecule has 2 rings (SSSR count). The van der Waals surface area contributed by atoms with Crippen molar-refractivity contribution in [1.82, 2.24) is 9.78 Å². The minimum Gasteiger partial charge on any atom is -0.478 e. The van der Waals surface area contributed by atoms with Gasteiger partial charge < -0.3 is 5.11 Å². The van der Waals surface area contributed by atoms with Crippen LogP contribution in [0.1, 0.15) is 10.4 Å². The number of halogens is 2. The molecule has 1 heterocycles. The van der Waals surface area contributed by atoms with Crippen LogP contribution in [-0.2, 0) is 9.05 Å². The molecule has 1 aromatic heterocycles. The number of carboxylic acid groups (broad SMARTS) is 1. The summed E-state index contributed by atoms with van der Waals surface area (Å²) in [7, 11) is 0.841. The van der Waals surface area contributed by atoms with E-state index in [1.165, 1.54) is 12.1 Å². The van der Waals surface area contributed by atoms with Gasteiger partial charge in [-0.05, 0) is 18.2 Å². The van der Waals surface area contributed by atoms with Crippen molar-refractivity contribution in [3.8, 4) is 5.69 Å². The standard InChI is InChI=1S/C10H6ClFN2O4S/c11-19(17,18)9-8(10(15)16)5-13-14(9)7-3-1-2-6(12)4-7/h1-5H,(H,15,16). The second-order valence-electron chi connectivity index (χ2n) is 3.50. The van der Waals surface area contributed by atoms with Crippen molar-refractivity contribution in [3.63, 3.8) is 0 Å². The fourth-order valence-corrected chi connectivity index (χ4v) is 2.72. The maximum Gasteiger partial charge on any atom is 0.340 e. The molecule has 0 atom stereocenters. The van der Waals surface area contributed by atoms with Gasteiger partial charge in [0.2, 0.25) is 0 Å². The highest BCUT2D eigenvalue weighted by Gasteiger charge is 2.27. The zero-order chi connectivity index (χ0) is 14.2. The van der Waals surface area contributed by atoms with Gasteiger partial charge in [-0.15, -0.1) is 0 Å². The predicted octanol–water partition coefficient (Wildman–Crippen LogP) is 1.64. The lowest BCUT2D eigenvalue weighted by molar-refractivity contribution is 0.0692. The Bertz CT molecular complexity index is 757. The molecule has 0 aliphatic rings. The lowest BCUT2D eigenvalue weighted by Gasteiger charge is -2.05. The summed E-state index contributed by atoms with van der Waals surface area (Å²) in [6.45, 7) is 0. The lowest BCUT2D eigenvalue weighted by Crippen LogP contribution is -2.09. The quantitative estimate of drug-likeness (QED) is 0.871. The van der Waals surface area contributed by atoms with E-state index in [1.54, 1.807) is 0 Å². The molecular formula is C10H6ClFN2O4S. The van der Waals surface area contributed by atoms with Crippen molar-refractivity contribution in [2.24, 2.45) is 0 Å². The van der Waals surface area contributed by atoms with E-state index in [2.05, 4.69) is 5.10 Å². The van der Waals surface area contributed by atoms with Crippen LogP contribution >= 0.6 is 10.7 Å². The zero-order valence-electron chi connectivity index (χ0n) is 9.12. The number of aromatic carboxylic acids is 1. The van der Waals surface area contributed by atoms with E-state index >= 15 is 0 Å². The molecule has 2 aromatic rings. The van der Waals surface area contributed by atoms with E-state index in [0.29, 0.717) is 0 Å². The van der Waals surface area contributed by atoms with Gasteiger partial charge in [-0.2, -0.15) is 5.10 Å². The highest BCUT2D eigenvalue weighted by molar-refractivity contribution is 8.13. The number of hydrogen-bond acceptors (Lipinski definition) is 4. The van der Waals surface area contributed by atoms with Crippen molar-refractivity contribution < 1.29 is 22.7 Å². The van der Waals surface area contributed by atoms with Gasteiger partial charge in [0.05, 0.1) is 11.9 Å². The highest BCUT2D eigenvalue weighted by Crippen LogP contribution is 2.23. The second kappa shape index (κ2) is 4.63. The third kappa shape index (κ3) is 2.59. The molecule has 0 unspecified atom stereocenters. The molecule has 0 aliphatic heterocycles. The average molecular weight is 305 g/mol. The van der Waals surface area contributed by atoms with Gasteiger partial charge in [-0.25, -0.2) is 22.3 Å². The molecule has 6 nitrogen and oxygen atoms in total. The molecule has 9 heteroatoms. The predicted molar refractivity (Wildman–Crippen MR) is 63.5 cm³/mol. The van der Waals surface area contributed by atoms with Crippen LogP contribution in [0.15, 0.2) is 35.5 Å². The number of carboxylic acids is 1. The molecule has 100 valence electrons. The monoisotopic (exact) mass is 304 g/mol. The van der Waals surface area contributed by atoms with Crippen molar-refractivity contribution in [3.05, 3.63) is 41.8 Å². The summed E-state index contributed by atoms with van der Waals surface area (Å²) in [5.41, 5.74) is -0.536. The Hall–Kier alpha value is -1.93. The molecule has 0 aliphatic carbocycles. The summed E-state index contributed by atoms with van der Waals surface area (Å²) in [5.74, 6) is -2.12. The molecule has 0 radical (unpaired) electrons. The van der Waals surface area contributed by atoms with Crippen molar-refractivity contribution in [2.45, 2.75) is 5.03 Å². The molecule has 0 saturated carbocycles. The molecule has 0 bridgehead atoms. The van der Waals surface area contributed by atoms with Crippen molar-refractivity contribution >= 4 is 25.7 Å². The van der Waals surface area contributed by atoms with Crippen LogP contribution in [0, 0.1) is 5.82 Å². The number of aromatic nitrogens is 2. The van der Waals surface area contributed by atoms with Gasteiger partial charge in [0, 0.05) is 10.7 Å². The fraction of sp³-hybridized carbons (Fsp3) is 0. The molecule has 0 fully saturated rings. The smallest absolute Gasteiger partial charge is 0.340 e. The Morgan fingerprint density at radius 2 is 2.11 bits per heavy atom. The molecule has 0 amide bonds. The third-order valence-electron chi connectivity index (χ3n) is 2.24. The number of nitrogens with zero attached hydrogens (tertiary/aromatic N) is 2. The van der Waals surface area contributed by atoms with E-state index in [0.717, 1.165) is 23.0 Å². The first-order chi connectivity index (χ1) is 8.80. The first-order valence-corrected chi connectivity index (χ1v) is 7.13. The number of hydrogen-bond donors (Lipinski definition) is 1. The van der Waals surface area contributed by atoms with Crippen LogP contribution in [0.25, 0.3) is 5.69 Å². The van der Waals surface area contributed by atoms with E-state index in [-0.39, 0.29) is 5.69 Å². The highest BCUT2D eigenvalue weighted by atomic mass is 35.7. The van der Waals surface area contributed by atoms with Crippen LogP contribution in [0.4, 0.5) is 4.39 Å². The normalized spacial score (nSPS) is 11.5. The molecule has 1 aromatic carbocycles. The van der Waals surface area contributed by atoms with Crippen LogP contribution in [0.3, 0.4) is 0 Å². The summed E-state index contributed by atoms with van der Waals surface area (Å²) in [4.78, 5) is 10.9. The number of benzene rings is 1. The van der Waals surface area contributed by atoms with Gasteiger partial charge in [0.1, 0.15) is 11.4 Å². The Kier molecular flexibility index (Phi) is 3.29. The fourth-order valence-electron chi connectivity index (χ4n) is 1.51. The van der Waals surface area contributed by atoms with Gasteiger partial charge in [0.25, 0.3) is 9.05 Å². The number of carbonyl (C=O) groups is 1. The SMILES string of the molecule is O=C(O)c1cnn(-c2cccc(F)c2)c1S(=O)(=O)Cl. The number of rotatable bonds is 3. The van der Waals surface area contributed by atoms with Gasteiger partial charge in [-0.3, -0.25) is 0 Å². The van der Waals surface area contributed by atoms with Crippen LogP contribution in [0.2, 0.25) is 0 Å². The zero-order valence-corrected chi connectivity index (χ0v) is 10.7. The van der Waals surface area contributed by atoms with E-state index in [1.807, 2.05) is 0 Å². The van der Waals surface area contributed by atoms with E-state index in [4.69, 9.17) is 15.8 Å². The molecule has 19 heavy (non-hydrogen) atoms. The Morgan fingerprint density at radius 1 is 1.42 bits per heavy atom. The minimum atomic E-state index is -4.36. The van der Waals surface area contributed by atoms with Gasteiger partial charge in [0.15, 0.2) is 5.03 Å². The Morgan fingerprint density at radius 3 is 2.63 bits per heavy atom. The summed E-state index contributed by atoms with van der Waals surface area (Å²) in [5, 5.41) is 11.8. The van der Waals surface area contributed by atoms with E-state index < -0.39 is 31.4 Å². The second-order valence-corrected chi connectivity index (χ2v) is 5.98. The van der Waals surface area contributed by atoms with Crippen LogP contribution < -0.4 is 0 Å². The Balaban J connectivity index is 2.76. The van der Waals surface area contributed by atoms with Crippen molar-refractivity contribution in [2.75, 3.05) is 0 Å². The lowest BCUT2D eigenvalue weighted by atomic mass is 10.3. The van der Waals surface area contributed by atoms with Crippen molar-refractivity contribution in [1.29, 1.82) is 0 Å².